The fourth-order valence-corrected chi connectivity index (χ4v) is 3.33. The molecule has 4 rings (SSSR count). The van der Waals surface area contributed by atoms with Gasteiger partial charge in [0.2, 0.25) is 0 Å². The largest absolute Gasteiger partial charge is 0.462 e. The Bertz CT molecular complexity index is 1100. The fraction of sp³-hybridized carbons (Fsp3) is 0.154. The van der Waals surface area contributed by atoms with Crippen LogP contribution in [0, 0.1) is 0 Å². The first-order valence-corrected chi connectivity index (χ1v) is 10.0. The smallest absolute Gasteiger partial charge is 0.338 e. The van der Waals surface area contributed by atoms with Crippen LogP contribution in [0.4, 0.5) is 0 Å². The number of unbranched alkanes of at least 4 members (excludes halogenated alkanes) is 1. The molecule has 0 unspecified atom stereocenters. The van der Waals surface area contributed by atoms with Crippen LogP contribution in [0.5, 0.6) is 0 Å². The third-order valence-electron chi connectivity index (χ3n) is 4.98. The summed E-state index contributed by atoms with van der Waals surface area (Å²) in [5.41, 5.74) is 1.08. The van der Waals surface area contributed by atoms with E-state index in [1.54, 1.807) is 12.1 Å². The Morgan fingerprint density at radius 3 is 1.37 bits per heavy atom. The zero-order valence-corrected chi connectivity index (χ0v) is 16.5. The van der Waals surface area contributed by atoms with Crippen LogP contribution in [0.3, 0.4) is 0 Å². The average Bonchev–Trinajstić information content (AvgIpc) is 2.80. The van der Waals surface area contributed by atoms with Gasteiger partial charge in [0.25, 0.3) is 0 Å². The van der Waals surface area contributed by atoms with Crippen LogP contribution in [-0.2, 0) is 9.47 Å². The van der Waals surface area contributed by atoms with E-state index in [1.807, 2.05) is 72.8 Å². The van der Waals surface area contributed by atoms with E-state index in [-0.39, 0.29) is 11.9 Å². The molecule has 4 nitrogen and oxygen atoms in total. The molecule has 4 aromatic rings. The van der Waals surface area contributed by atoms with Gasteiger partial charge in [0.1, 0.15) is 0 Å². The van der Waals surface area contributed by atoms with E-state index in [0.717, 1.165) is 21.5 Å². The van der Waals surface area contributed by atoms with Crippen molar-refractivity contribution in [3.05, 3.63) is 96.1 Å². The maximum Gasteiger partial charge on any atom is 0.338 e. The monoisotopic (exact) mass is 398 g/mol. The summed E-state index contributed by atoms with van der Waals surface area (Å²) < 4.78 is 10.7. The molecule has 0 amide bonds. The molecule has 0 saturated heterocycles. The molecule has 0 bridgehead atoms. The van der Waals surface area contributed by atoms with E-state index in [4.69, 9.17) is 9.47 Å². The minimum absolute atomic E-state index is 0.291. The van der Waals surface area contributed by atoms with Crippen LogP contribution in [-0.4, -0.2) is 25.2 Å². The van der Waals surface area contributed by atoms with Crippen molar-refractivity contribution in [1.29, 1.82) is 0 Å². The Kier molecular flexibility index (Phi) is 6.04. The maximum atomic E-state index is 12.2. The highest BCUT2D eigenvalue weighted by molar-refractivity contribution is 5.96. The lowest BCUT2D eigenvalue weighted by molar-refractivity contribution is 0.0432. The molecule has 0 atom stereocenters. The van der Waals surface area contributed by atoms with Crippen LogP contribution in [0.25, 0.3) is 21.5 Å². The highest BCUT2D eigenvalue weighted by Gasteiger charge is 2.09. The highest BCUT2D eigenvalue weighted by Crippen LogP contribution is 2.17. The Morgan fingerprint density at radius 1 is 0.533 bits per heavy atom. The van der Waals surface area contributed by atoms with Gasteiger partial charge >= 0.3 is 11.9 Å². The van der Waals surface area contributed by atoms with Crippen molar-refractivity contribution < 1.29 is 19.1 Å². The van der Waals surface area contributed by atoms with Crippen molar-refractivity contribution in [3.63, 3.8) is 0 Å². The molecule has 30 heavy (non-hydrogen) atoms. The number of hydrogen-bond acceptors (Lipinski definition) is 4. The summed E-state index contributed by atoms with van der Waals surface area (Å²) in [6.45, 7) is 0.582. The van der Waals surface area contributed by atoms with Crippen molar-refractivity contribution in [2.24, 2.45) is 0 Å². The van der Waals surface area contributed by atoms with E-state index in [0.29, 0.717) is 37.2 Å². The number of fused-ring (bicyclic) bond motifs is 2. The molecule has 0 aromatic heterocycles. The molecule has 150 valence electrons. The zero-order valence-electron chi connectivity index (χ0n) is 16.5. The number of carbonyl (C=O) groups is 2. The Morgan fingerprint density at radius 2 is 0.933 bits per heavy atom. The predicted octanol–water partition coefficient (Wildman–Crippen LogP) is 5.79. The lowest BCUT2D eigenvalue weighted by Crippen LogP contribution is -2.09. The van der Waals surface area contributed by atoms with Gasteiger partial charge in [-0.2, -0.15) is 0 Å². The topological polar surface area (TPSA) is 52.6 Å². The fourth-order valence-electron chi connectivity index (χ4n) is 3.33. The van der Waals surface area contributed by atoms with Gasteiger partial charge in [-0.05, 0) is 58.7 Å². The second-order valence-corrected chi connectivity index (χ2v) is 7.10. The first-order chi connectivity index (χ1) is 14.7. The second kappa shape index (κ2) is 9.23. The Labute approximate surface area is 175 Å². The summed E-state index contributed by atoms with van der Waals surface area (Å²) in [6, 6.07) is 26.8. The normalized spacial score (nSPS) is 10.8. The maximum absolute atomic E-state index is 12.2. The quantitative estimate of drug-likeness (QED) is 0.292. The third kappa shape index (κ3) is 4.66. The van der Waals surface area contributed by atoms with E-state index < -0.39 is 0 Å². The minimum atomic E-state index is -0.339. The number of esters is 2. The second-order valence-electron chi connectivity index (χ2n) is 7.10. The van der Waals surface area contributed by atoms with Crippen molar-refractivity contribution in [2.75, 3.05) is 13.2 Å². The van der Waals surface area contributed by atoms with Crippen molar-refractivity contribution >= 4 is 33.5 Å². The molecule has 0 fully saturated rings. The van der Waals surface area contributed by atoms with Gasteiger partial charge in [0.05, 0.1) is 24.3 Å². The van der Waals surface area contributed by atoms with Gasteiger partial charge in [-0.1, -0.05) is 60.7 Å². The molecule has 0 aliphatic carbocycles. The summed E-state index contributed by atoms with van der Waals surface area (Å²) in [7, 11) is 0. The SMILES string of the molecule is O=C(OCCCCOC(=O)c1ccc2ccccc2c1)c1ccc2ccccc2c1. The molecule has 4 heteroatoms. The molecule has 0 aliphatic heterocycles. The van der Waals surface area contributed by atoms with E-state index in [9.17, 15) is 9.59 Å². The van der Waals surface area contributed by atoms with Crippen LogP contribution in [0.15, 0.2) is 84.9 Å². The lowest BCUT2D eigenvalue weighted by Gasteiger charge is -2.07. The molecule has 0 aliphatic rings. The van der Waals surface area contributed by atoms with Gasteiger partial charge in [0, 0.05) is 0 Å². The molecule has 0 N–H and O–H groups in total. The summed E-state index contributed by atoms with van der Waals surface area (Å²) in [6.07, 6.45) is 1.26. The predicted molar refractivity (Wildman–Crippen MR) is 118 cm³/mol. The van der Waals surface area contributed by atoms with Crippen LogP contribution >= 0.6 is 0 Å². The van der Waals surface area contributed by atoms with Gasteiger partial charge in [-0.3, -0.25) is 0 Å². The van der Waals surface area contributed by atoms with E-state index in [2.05, 4.69) is 0 Å². The van der Waals surface area contributed by atoms with E-state index >= 15 is 0 Å². The molecule has 0 saturated carbocycles. The van der Waals surface area contributed by atoms with Gasteiger partial charge in [0.15, 0.2) is 0 Å². The van der Waals surface area contributed by atoms with E-state index in [1.165, 1.54) is 0 Å². The molecule has 0 radical (unpaired) electrons. The van der Waals surface area contributed by atoms with Gasteiger partial charge in [-0.25, -0.2) is 9.59 Å². The number of carbonyl (C=O) groups excluding carboxylic acids is 2. The van der Waals surface area contributed by atoms with Crippen molar-refractivity contribution in [1.82, 2.24) is 0 Å². The third-order valence-corrected chi connectivity index (χ3v) is 4.98. The first-order valence-electron chi connectivity index (χ1n) is 10.0. The Hall–Kier alpha value is -3.66. The lowest BCUT2D eigenvalue weighted by atomic mass is 10.1. The standard InChI is InChI=1S/C26H22O4/c27-25(23-13-11-19-7-1-3-9-21(19)17-23)29-15-5-6-16-30-26(28)24-14-12-20-8-2-4-10-22(20)18-24/h1-4,7-14,17-18H,5-6,15-16H2. The van der Waals surface area contributed by atoms with Gasteiger partial charge < -0.3 is 9.47 Å². The van der Waals surface area contributed by atoms with Crippen LogP contribution < -0.4 is 0 Å². The van der Waals surface area contributed by atoms with Crippen LogP contribution in [0.2, 0.25) is 0 Å². The summed E-state index contributed by atoms with van der Waals surface area (Å²) in [5.74, 6) is -0.678. The molecule has 0 heterocycles. The molecule has 4 aromatic carbocycles. The number of rotatable bonds is 7. The summed E-state index contributed by atoms with van der Waals surface area (Å²) in [5, 5.41) is 4.18. The highest BCUT2D eigenvalue weighted by atomic mass is 16.5. The first kappa shape index (κ1) is 19.6. The zero-order chi connectivity index (χ0) is 20.8. The molecular weight excluding hydrogens is 376 g/mol. The molecule has 0 spiro atoms. The summed E-state index contributed by atoms with van der Waals surface area (Å²) in [4.78, 5) is 24.4. The number of ether oxygens (including phenoxy) is 2. The van der Waals surface area contributed by atoms with Crippen molar-refractivity contribution in [2.45, 2.75) is 12.8 Å². The number of benzene rings is 4. The number of hydrogen-bond donors (Lipinski definition) is 0. The van der Waals surface area contributed by atoms with Crippen LogP contribution in [0.1, 0.15) is 33.6 Å². The Balaban J connectivity index is 1.20. The minimum Gasteiger partial charge on any atom is -0.462 e. The summed E-state index contributed by atoms with van der Waals surface area (Å²) >= 11 is 0. The van der Waals surface area contributed by atoms with Gasteiger partial charge in [-0.15, -0.1) is 0 Å². The average molecular weight is 398 g/mol. The molecular formula is C26H22O4. The van der Waals surface area contributed by atoms with Crippen molar-refractivity contribution in [3.8, 4) is 0 Å².